The van der Waals surface area contributed by atoms with Gasteiger partial charge in [-0.1, -0.05) is 19.9 Å². The molecule has 1 aromatic heterocycles. The second-order valence-corrected chi connectivity index (χ2v) is 9.76. The van der Waals surface area contributed by atoms with Crippen LogP contribution in [0.25, 0.3) is 11.0 Å². The fourth-order valence-electron chi connectivity index (χ4n) is 4.09. The Morgan fingerprint density at radius 3 is 2.48 bits per heavy atom. The number of phenols is 1. The number of fused-ring (bicyclic) bond motifs is 1. The fraction of sp³-hybridized carbons (Fsp3) is 0.542. The van der Waals surface area contributed by atoms with Crippen molar-refractivity contribution in [2.24, 2.45) is 0 Å². The highest BCUT2D eigenvalue weighted by Crippen LogP contribution is 2.46. The van der Waals surface area contributed by atoms with E-state index in [9.17, 15) is 9.90 Å². The Kier molecular flexibility index (Phi) is 4.48. The van der Waals surface area contributed by atoms with Crippen molar-refractivity contribution < 1.29 is 19.0 Å². The summed E-state index contributed by atoms with van der Waals surface area (Å²) in [5, 5.41) is 11.2. The second-order valence-electron chi connectivity index (χ2n) is 9.76. The third-order valence-electron chi connectivity index (χ3n) is 6.63. The highest BCUT2D eigenvalue weighted by Gasteiger charge is 2.55. The van der Waals surface area contributed by atoms with Crippen molar-refractivity contribution in [1.82, 2.24) is 0 Å². The second kappa shape index (κ2) is 6.44. The lowest BCUT2D eigenvalue weighted by Gasteiger charge is -2.22. The molecule has 29 heavy (non-hydrogen) atoms. The first-order valence-corrected chi connectivity index (χ1v) is 10.2. The van der Waals surface area contributed by atoms with Gasteiger partial charge in [0.15, 0.2) is 0 Å². The summed E-state index contributed by atoms with van der Waals surface area (Å²) in [6, 6.07) is 5.24. The van der Waals surface area contributed by atoms with Crippen molar-refractivity contribution in [1.29, 1.82) is 0 Å². The Labute approximate surface area is 171 Å². The van der Waals surface area contributed by atoms with E-state index in [0.29, 0.717) is 23.7 Å². The van der Waals surface area contributed by atoms with Crippen molar-refractivity contribution in [3.8, 4) is 5.75 Å². The van der Waals surface area contributed by atoms with Crippen LogP contribution < -0.4 is 5.63 Å². The minimum absolute atomic E-state index is 0.00548. The SMILES string of the molecule is C=CC(C)(C)c1cc2cc(C[C@@H]3O[C@]3(C)CCC3OC3(C)C)c(=O)oc2cc1O. The normalized spacial score (nSPS) is 27.8. The summed E-state index contributed by atoms with van der Waals surface area (Å²) >= 11 is 0. The molecule has 3 atom stereocenters. The summed E-state index contributed by atoms with van der Waals surface area (Å²) in [7, 11) is 0. The van der Waals surface area contributed by atoms with Crippen LogP contribution in [0.2, 0.25) is 0 Å². The van der Waals surface area contributed by atoms with Crippen LogP contribution in [0.1, 0.15) is 58.6 Å². The molecule has 0 aliphatic carbocycles. The number of phenolic OH excluding ortho intramolecular Hbond substituents is 1. The average molecular weight is 398 g/mol. The number of hydrogen-bond donors (Lipinski definition) is 1. The van der Waals surface area contributed by atoms with Gasteiger partial charge in [0.25, 0.3) is 0 Å². The molecule has 0 saturated carbocycles. The van der Waals surface area contributed by atoms with Gasteiger partial charge in [-0.05, 0) is 45.7 Å². The molecule has 2 saturated heterocycles. The molecule has 2 fully saturated rings. The molecule has 1 N–H and O–H groups in total. The van der Waals surface area contributed by atoms with Crippen molar-refractivity contribution in [3.63, 3.8) is 0 Å². The van der Waals surface area contributed by atoms with Crippen LogP contribution >= 0.6 is 0 Å². The average Bonchev–Trinajstić information content (AvgIpc) is 3.48. The number of aromatic hydroxyl groups is 1. The molecule has 0 radical (unpaired) electrons. The van der Waals surface area contributed by atoms with E-state index in [4.69, 9.17) is 13.9 Å². The van der Waals surface area contributed by atoms with Crippen LogP contribution in [0.4, 0.5) is 0 Å². The van der Waals surface area contributed by atoms with Gasteiger partial charge < -0.3 is 19.0 Å². The quantitative estimate of drug-likeness (QED) is 0.418. The number of benzene rings is 1. The Bertz CT molecular complexity index is 1030. The van der Waals surface area contributed by atoms with Gasteiger partial charge in [-0.15, -0.1) is 6.58 Å². The number of hydrogen-bond acceptors (Lipinski definition) is 5. The maximum atomic E-state index is 12.5. The van der Waals surface area contributed by atoms with E-state index in [2.05, 4.69) is 27.4 Å². The molecule has 2 aliphatic heterocycles. The third-order valence-corrected chi connectivity index (χ3v) is 6.63. The lowest BCUT2D eigenvalue weighted by atomic mass is 9.83. The lowest BCUT2D eigenvalue weighted by molar-refractivity contribution is 0.275. The highest BCUT2D eigenvalue weighted by atomic mass is 16.6. The Hall–Kier alpha value is -2.11. The van der Waals surface area contributed by atoms with E-state index in [1.165, 1.54) is 6.07 Å². The Morgan fingerprint density at radius 1 is 1.17 bits per heavy atom. The van der Waals surface area contributed by atoms with Gasteiger partial charge in [0, 0.05) is 34.4 Å². The topological polar surface area (TPSA) is 75.5 Å². The summed E-state index contributed by atoms with van der Waals surface area (Å²) in [4.78, 5) is 12.5. The molecule has 1 unspecified atom stereocenters. The molecule has 3 heterocycles. The zero-order chi connectivity index (χ0) is 21.2. The first-order valence-electron chi connectivity index (χ1n) is 10.2. The number of ether oxygens (including phenoxy) is 2. The van der Waals surface area contributed by atoms with Crippen LogP contribution in [0.3, 0.4) is 0 Å². The van der Waals surface area contributed by atoms with E-state index in [0.717, 1.165) is 23.8 Å². The smallest absolute Gasteiger partial charge is 0.339 e. The van der Waals surface area contributed by atoms with Crippen LogP contribution in [0.15, 0.2) is 40.1 Å². The Morgan fingerprint density at radius 2 is 1.86 bits per heavy atom. The summed E-state index contributed by atoms with van der Waals surface area (Å²) in [5.74, 6) is 0.0987. The number of allylic oxidation sites excluding steroid dienone is 1. The van der Waals surface area contributed by atoms with E-state index in [1.54, 1.807) is 6.08 Å². The monoisotopic (exact) mass is 398 g/mol. The van der Waals surface area contributed by atoms with E-state index in [1.807, 2.05) is 26.0 Å². The predicted octanol–water partition coefficient (Wildman–Crippen LogP) is 4.62. The van der Waals surface area contributed by atoms with Crippen LogP contribution in [-0.2, 0) is 21.3 Å². The third kappa shape index (κ3) is 3.74. The van der Waals surface area contributed by atoms with Gasteiger partial charge in [0.2, 0.25) is 0 Å². The summed E-state index contributed by atoms with van der Waals surface area (Å²) < 4.78 is 17.1. The van der Waals surface area contributed by atoms with Gasteiger partial charge in [-0.2, -0.15) is 0 Å². The summed E-state index contributed by atoms with van der Waals surface area (Å²) in [5.41, 5.74) is 0.730. The van der Waals surface area contributed by atoms with Crippen molar-refractivity contribution in [2.75, 3.05) is 0 Å². The maximum absolute atomic E-state index is 12.5. The predicted molar refractivity (Wildman–Crippen MR) is 113 cm³/mol. The largest absolute Gasteiger partial charge is 0.507 e. The number of rotatable bonds is 7. The zero-order valence-corrected chi connectivity index (χ0v) is 17.9. The van der Waals surface area contributed by atoms with E-state index < -0.39 is 5.41 Å². The molecule has 2 aromatic rings. The minimum atomic E-state index is -0.397. The maximum Gasteiger partial charge on any atom is 0.339 e. The van der Waals surface area contributed by atoms with Crippen LogP contribution in [-0.4, -0.2) is 28.5 Å². The molecular formula is C24H30O5. The molecule has 5 nitrogen and oxygen atoms in total. The molecule has 156 valence electrons. The number of epoxide rings is 2. The molecule has 1 aromatic carbocycles. The summed E-state index contributed by atoms with van der Waals surface area (Å²) in [6.07, 6.45) is 4.49. The Balaban J connectivity index is 1.54. The van der Waals surface area contributed by atoms with Crippen LogP contribution in [0, 0.1) is 0 Å². The van der Waals surface area contributed by atoms with Crippen molar-refractivity contribution in [2.45, 2.75) is 82.7 Å². The first kappa shape index (κ1) is 20.2. The van der Waals surface area contributed by atoms with Gasteiger partial charge >= 0.3 is 5.63 Å². The molecule has 0 bridgehead atoms. The van der Waals surface area contributed by atoms with E-state index in [-0.39, 0.29) is 28.7 Å². The molecule has 0 spiro atoms. The zero-order valence-electron chi connectivity index (χ0n) is 17.9. The van der Waals surface area contributed by atoms with Gasteiger partial charge in [-0.25, -0.2) is 4.79 Å². The molecule has 2 aliphatic rings. The molecule has 4 rings (SSSR count). The molecule has 5 heteroatoms. The fourth-order valence-corrected chi connectivity index (χ4v) is 4.09. The van der Waals surface area contributed by atoms with Gasteiger partial charge in [0.05, 0.1) is 23.4 Å². The summed E-state index contributed by atoms with van der Waals surface area (Å²) in [6.45, 7) is 14.1. The first-order chi connectivity index (χ1) is 13.4. The lowest BCUT2D eigenvalue weighted by Crippen LogP contribution is -2.17. The van der Waals surface area contributed by atoms with Crippen molar-refractivity contribution in [3.05, 3.63) is 52.4 Å². The molecule has 0 amide bonds. The van der Waals surface area contributed by atoms with Crippen molar-refractivity contribution >= 4 is 11.0 Å². The van der Waals surface area contributed by atoms with Crippen LogP contribution in [0.5, 0.6) is 5.75 Å². The van der Waals surface area contributed by atoms with E-state index >= 15 is 0 Å². The van der Waals surface area contributed by atoms with Gasteiger partial charge in [0.1, 0.15) is 11.3 Å². The standard InChI is InChI=1S/C24H30O5/c1-7-22(2,3)16-11-14-10-15(21(26)27-18(14)13-17(16)25)12-20-24(6,29-20)9-8-19-23(4,5)28-19/h7,10-11,13,19-20,25H,1,8-9,12H2,2-6H3/t19?,20-,24+/m0/s1. The van der Waals surface area contributed by atoms with Gasteiger partial charge in [-0.3, -0.25) is 0 Å². The highest BCUT2D eigenvalue weighted by molar-refractivity contribution is 5.80. The minimum Gasteiger partial charge on any atom is -0.507 e. The molecular weight excluding hydrogens is 368 g/mol.